The molecule has 4 rings (SSSR count). The highest BCUT2D eigenvalue weighted by Crippen LogP contribution is 2.33. The number of rotatable bonds is 8. The van der Waals surface area contributed by atoms with Gasteiger partial charge in [-0.25, -0.2) is 13.4 Å². The van der Waals surface area contributed by atoms with Crippen molar-refractivity contribution >= 4 is 56.4 Å². The summed E-state index contributed by atoms with van der Waals surface area (Å²) < 4.78 is 34.2. The predicted octanol–water partition coefficient (Wildman–Crippen LogP) is 6.56. The Morgan fingerprint density at radius 2 is 1.61 bits per heavy atom. The number of halogens is 3. The largest absolute Gasteiger partial charge is 0.436 e. The Bertz CT molecular complexity index is 1520. The maximum Gasteiger partial charge on any atom is 0.262 e. The third kappa shape index (κ3) is 6.27. The number of amides is 1. The Kier molecular flexibility index (Phi) is 8.01. The average molecular weight is 563 g/mol. The van der Waals surface area contributed by atoms with Crippen LogP contribution in [0.1, 0.15) is 15.9 Å². The molecule has 184 valence electrons. The summed E-state index contributed by atoms with van der Waals surface area (Å²) in [5.41, 5.74) is 1.14. The van der Waals surface area contributed by atoms with Crippen LogP contribution in [0.2, 0.25) is 15.1 Å². The molecule has 0 atom stereocenters. The highest BCUT2D eigenvalue weighted by molar-refractivity contribution is 7.92. The summed E-state index contributed by atoms with van der Waals surface area (Å²) in [6.07, 6.45) is 1.30. The molecule has 4 aromatic rings. The Labute approximate surface area is 223 Å². The van der Waals surface area contributed by atoms with Crippen molar-refractivity contribution in [1.82, 2.24) is 10.3 Å². The minimum atomic E-state index is -4.10. The second kappa shape index (κ2) is 11.2. The van der Waals surface area contributed by atoms with Crippen molar-refractivity contribution in [2.75, 3.05) is 4.72 Å². The molecule has 0 aliphatic carbocycles. The number of nitrogens with zero attached hydrogens (tertiary/aromatic N) is 1. The van der Waals surface area contributed by atoms with Crippen molar-refractivity contribution in [1.29, 1.82) is 0 Å². The fourth-order valence-corrected chi connectivity index (χ4v) is 4.74. The van der Waals surface area contributed by atoms with Crippen LogP contribution in [0.25, 0.3) is 0 Å². The minimum absolute atomic E-state index is 0.0342. The number of sulfonamides is 1. The number of carbonyl (C=O) groups is 1. The van der Waals surface area contributed by atoms with Crippen molar-refractivity contribution in [2.24, 2.45) is 0 Å². The molecule has 0 spiro atoms. The van der Waals surface area contributed by atoms with Crippen molar-refractivity contribution in [3.05, 3.63) is 111 Å². The van der Waals surface area contributed by atoms with E-state index >= 15 is 0 Å². The molecule has 0 unspecified atom stereocenters. The van der Waals surface area contributed by atoms with E-state index in [2.05, 4.69) is 15.0 Å². The van der Waals surface area contributed by atoms with Gasteiger partial charge in [-0.3, -0.25) is 9.52 Å². The van der Waals surface area contributed by atoms with Crippen molar-refractivity contribution < 1.29 is 17.9 Å². The van der Waals surface area contributed by atoms with Crippen molar-refractivity contribution in [3.8, 4) is 11.6 Å². The van der Waals surface area contributed by atoms with Gasteiger partial charge in [-0.05, 0) is 42.0 Å². The zero-order valence-corrected chi connectivity index (χ0v) is 21.5. The quantitative estimate of drug-likeness (QED) is 0.253. The standard InChI is InChI=1S/C25H18Cl3N3O4S/c26-17-12-22(31-36(33,34)18-10-11-20(27)21(28)13-18)25(30-15-17)35-23-9-5-4-8-19(23)24(32)29-14-16-6-2-1-3-7-16/h1-13,15,31H,14H2,(H,29,32). The fraction of sp³-hybridized carbons (Fsp3) is 0.0400. The Balaban J connectivity index is 1.59. The first-order chi connectivity index (χ1) is 17.2. The third-order valence-corrected chi connectivity index (χ3v) is 7.21. The third-order valence-electron chi connectivity index (χ3n) is 4.90. The number of hydrogen-bond donors (Lipinski definition) is 2. The van der Waals surface area contributed by atoms with Crippen LogP contribution in [-0.4, -0.2) is 19.3 Å². The topological polar surface area (TPSA) is 97.4 Å². The highest BCUT2D eigenvalue weighted by atomic mass is 35.5. The number of pyridine rings is 1. The van der Waals surface area contributed by atoms with Crippen molar-refractivity contribution in [2.45, 2.75) is 11.4 Å². The molecule has 1 amide bonds. The van der Waals surface area contributed by atoms with Gasteiger partial charge in [0, 0.05) is 12.7 Å². The summed E-state index contributed by atoms with van der Waals surface area (Å²) in [5.74, 6) is -0.305. The molecule has 1 heterocycles. The number of hydrogen-bond acceptors (Lipinski definition) is 5. The minimum Gasteiger partial charge on any atom is -0.436 e. The molecule has 2 N–H and O–H groups in total. The molecule has 0 aliphatic rings. The van der Waals surface area contributed by atoms with Gasteiger partial charge >= 0.3 is 0 Å². The SMILES string of the molecule is O=C(NCc1ccccc1)c1ccccc1Oc1ncc(Cl)cc1NS(=O)(=O)c1ccc(Cl)c(Cl)c1. The number of anilines is 1. The zero-order chi connectivity index (χ0) is 25.7. The van der Waals surface area contributed by atoms with Crippen LogP contribution in [0, 0.1) is 0 Å². The molecule has 0 aliphatic heterocycles. The van der Waals surface area contributed by atoms with E-state index in [1.165, 1.54) is 30.5 Å². The molecule has 0 fully saturated rings. The van der Waals surface area contributed by atoms with E-state index in [4.69, 9.17) is 39.5 Å². The molecule has 0 saturated carbocycles. The van der Waals surface area contributed by atoms with Gasteiger partial charge in [-0.2, -0.15) is 0 Å². The maximum atomic E-state index is 13.0. The second-order valence-corrected chi connectivity index (χ2v) is 10.4. The molecule has 1 aromatic heterocycles. The average Bonchev–Trinajstić information content (AvgIpc) is 2.86. The molecular formula is C25H18Cl3N3O4S. The summed E-state index contributed by atoms with van der Waals surface area (Å²) in [4.78, 5) is 16.9. The van der Waals surface area contributed by atoms with Gasteiger partial charge in [0.25, 0.3) is 15.9 Å². The number of nitrogens with one attached hydrogen (secondary N) is 2. The summed E-state index contributed by atoms with van der Waals surface area (Å²) in [5, 5.41) is 3.30. The van der Waals surface area contributed by atoms with Gasteiger partial charge in [0.2, 0.25) is 5.88 Å². The first-order valence-electron chi connectivity index (χ1n) is 10.5. The smallest absolute Gasteiger partial charge is 0.262 e. The first-order valence-corrected chi connectivity index (χ1v) is 13.1. The lowest BCUT2D eigenvalue weighted by Gasteiger charge is -2.15. The van der Waals surface area contributed by atoms with Crippen LogP contribution in [0.4, 0.5) is 5.69 Å². The van der Waals surface area contributed by atoms with Crippen LogP contribution < -0.4 is 14.8 Å². The van der Waals surface area contributed by atoms with E-state index in [0.29, 0.717) is 6.54 Å². The lowest BCUT2D eigenvalue weighted by atomic mass is 10.1. The van der Waals surface area contributed by atoms with Gasteiger partial charge < -0.3 is 10.1 Å². The van der Waals surface area contributed by atoms with Gasteiger partial charge in [0.05, 0.1) is 25.5 Å². The van der Waals surface area contributed by atoms with Crippen LogP contribution in [0.5, 0.6) is 11.6 Å². The van der Waals surface area contributed by atoms with Gasteiger partial charge in [0.1, 0.15) is 11.4 Å². The molecule has 0 saturated heterocycles. The zero-order valence-electron chi connectivity index (χ0n) is 18.4. The molecule has 3 aromatic carbocycles. The van der Waals surface area contributed by atoms with E-state index in [9.17, 15) is 13.2 Å². The lowest BCUT2D eigenvalue weighted by Crippen LogP contribution is -2.23. The number of aromatic nitrogens is 1. The Morgan fingerprint density at radius 3 is 2.36 bits per heavy atom. The molecular weight excluding hydrogens is 545 g/mol. The van der Waals surface area contributed by atoms with Crippen molar-refractivity contribution in [3.63, 3.8) is 0 Å². The van der Waals surface area contributed by atoms with Crippen LogP contribution in [0.15, 0.2) is 90.0 Å². The van der Waals surface area contributed by atoms with E-state index in [1.807, 2.05) is 30.3 Å². The molecule has 0 bridgehead atoms. The molecule has 11 heteroatoms. The van der Waals surface area contributed by atoms with Gasteiger partial charge in [-0.1, -0.05) is 77.3 Å². The van der Waals surface area contributed by atoms with Crippen LogP contribution in [0.3, 0.4) is 0 Å². The Morgan fingerprint density at radius 1 is 0.889 bits per heavy atom. The number of para-hydroxylation sites is 1. The molecule has 0 radical (unpaired) electrons. The lowest BCUT2D eigenvalue weighted by molar-refractivity contribution is 0.0948. The summed E-state index contributed by atoms with van der Waals surface area (Å²) in [6.45, 7) is 0.321. The van der Waals surface area contributed by atoms with Gasteiger partial charge in [0.15, 0.2) is 0 Å². The summed E-state index contributed by atoms with van der Waals surface area (Å²) in [6, 6.07) is 21.2. The predicted molar refractivity (Wildman–Crippen MR) is 141 cm³/mol. The second-order valence-electron chi connectivity index (χ2n) is 7.45. The Hall–Kier alpha value is -3.30. The van der Waals surface area contributed by atoms with Gasteiger partial charge in [-0.15, -0.1) is 0 Å². The number of ether oxygens (including phenoxy) is 1. The fourth-order valence-electron chi connectivity index (χ4n) is 3.15. The number of carbonyl (C=O) groups excluding carboxylic acids is 1. The molecule has 7 nitrogen and oxygen atoms in total. The molecule has 36 heavy (non-hydrogen) atoms. The van der Waals surface area contributed by atoms with E-state index in [-0.39, 0.29) is 48.8 Å². The van der Waals surface area contributed by atoms with E-state index < -0.39 is 10.0 Å². The van der Waals surface area contributed by atoms with E-state index in [0.717, 1.165) is 5.56 Å². The summed E-state index contributed by atoms with van der Waals surface area (Å²) in [7, 11) is -4.10. The normalized spacial score (nSPS) is 11.1. The monoisotopic (exact) mass is 561 g/mol. The first kappa shape index (κ1) is 25.8. The highest BCUT2D eigenvalue weighted by Gasteiger charge is 2.21. The number of benzene rings is 3. The van der Waals surface area contributed by atoms with Crippen LogP contribution >= 0.6 is 34.8 Å². The maximum absolute atomic E-state index is 13.0. The van der Waals surface area contributed by atoms with Crippen LogP contribution in [-0.2, 0) is 16.6 Å². The summed E-state index contributed by atoms with van der Waals surface area (Å²) >= 11 is 17.9. The van der Waals surface area contributed by atoms with E-state index in [1.54, 1.807) is 24.3 Å².